The van der Waals surface area contributed by atoms with Crippen LogP contribution in [0.2, 0.25) is 0 Å². The fraction of sp³-hybridized carbons (Fsp3) is 0.533. The van der Waals surface area contributed by atoms with Crippen molar-refractivity contribution in [3.8, 4) is 11.5 Å². The summed E-state index contributed by atoms with van der Waals surface area (Å²) in [5, 5.41) is 13.3. The van der Waals surface area contributed by atoms with Crippen LogP contribution in [0.1, 0.15) is 18.4 Å². The second-order valence-electron chi connectivity index (χ2n) is 5.39. The van der Waals surface area contributed by atoms with Crippen LogP contribution in [0.25, 0.3) is 0 Å². The van der Waals surface area contributed by atoms with Crippen molar-refractivity contribution in [1.29, 1.82) is 0 Å². The van der Waals surface area contributed by atoms with Crippen LogP contribution < -0.4 is 15.8 Å². The number of benzene rings is 1. The summed E-state index contributed by atoms with van der Waals surface area (Å²) in [4.78, 5) is 13.0. The summed E-state index contributed by atoms with van der Waals surface area (Å²) in [6, 6.07) is 5.61. The second-order valence-corrected chi connectivity index (χ2v) is 5.39. The van der Waals surface area contributed by atoms with Gasteiger partial charge in [0, 0.05) is 31.2 Å². The Balaban J connectivity index is 1.81. The number of rotatable bonds is 6. The first-order valence-electron chi connectivity index (χ1n) is 7.18. The van der Waals surface area contributed by atoms with Crippen LogP contribution in [0.15, 0.2) is 18.2 Å². The van der Waals surface area contributed by atoms with Crippen LogP contribution in [-0.4, -0.2) is 48.7 Å². The first-order valence-corrected chi connectivity index (χ1v) is 7.18. The van der Waals surface area contributed by atoms with E-state index in [4.69, 9.17) is 10.5 Å². The van der Waals surface area contributed by atoms with Crippen molar-refractivity contribution in [1.82, 2.24) is 10.2 Å². The van der Waals surface area contributed by atoms with Crippen molar-refractivity contribution < 1.29 is 14.6 Å². The van der Waals surface area contributed by atoms with Gasteiger partial charge in [0.15, 0.2) is 0 Å². The average molecular weight is 293 g/mol. The van der Waals surface area contributed by atoms with E-state index in [0.717, 1.165) is 37.2 Å². The number of ether oxygens (including phenoxy) is 1. The minimum Gasteiger partial charge on any atom is -0.508 e. The third kappa shape index (κ3) is 4.61. The van der Waals surface area contributed by atoms with Gasteiger partial charge in [-0.25, -0.2) is 0 Å². The van der Waals surface area contributed by atoms with Gasteiger partial charge in [-0.2, -0.15) is 0 Å². The predicted octanol–water partition coefficient (Wildman–Crippen LogP) is 0.440. The topological polar surface area (TPSA) is 87.8 Å². The Labute approximate surface area is 124 Å². The molecular weight excluding hydrogens is 270 g/mol. The summed E-state index contributed by atoms with van der Waals surface area (Å²) >= 11 is 0. The SMILES string of the molecule is COc1ccc(O)c(CNC2CCN(CC(N)=O)CC2)c1. The summed E-state index contributed by atoms with van der Waals surface area (Å²) in [6.07, 6.45) is 1.94. The fourth-order valence-electron chi connectivity index (χ4n) is 2.60. The van der Waals surface area contributed by atoms with E-state index in [2.05, 4.69) is 10.2 Å². The van der Waals surface area contributed by atoms with E-state index in [1.165, 1.54) is 0 Å². The molecule has 6 heteroatoms. The molecule has 0 aliphatic carbocycles. The van der Waals surface area contributed by atoms with Crippen LogP contribution in [0, 0.1) is 0 Å². The second kappa shape index (κ2) is 7.28. The molecule has 0 atom stereocenters. The van der Waals surface area contributed by atoms with Gasteiger partial charge in [0.1, 0.15) is 11.5 Å². The molecule has 0 bridgehead atoms. The standard InChI is InChI=1S/C15H23N3O3/c1-21-13-2-3-14(19)11(8-13)9-17-12-4-6-18(7-5-12)10-15(16)20/h2-3,8,12,17,19H,4-7,9-10H2,1H3,(H2,16,20). The molecule has 0 spiro atoms. The molecule has 1 aromatic carbocycles. The number of hydrogen-bond acceptors (Lipinski definition) is 5. The van der Waals surface area contributed by atoms with Gasteiger partial charge in [-0.3, -0.25) is 9.69 Å². The maximum Gasteiger partial charge on any atom is 0.231 e. The zero-order chi connectivity index (χ0) is 15.2. The van der Waals surface area contributed by atoms with E-state index >= 15 is 0 Å². The molecule has 2 rings (SSSR count). The monoisotopic (exact) mass is 293 g/mol. The number of phenolic OH excluding ortho intramolecular Hbond substituents is 1. The molecule has 0 saturated carbocycles. The number of likely N-dealkylation sites (tertiary alicyclic amines) is 1. The number of phenols is 1. The number of methoxy groups -OCH3 is 1. The summed E-state index contributed by atoms with van der Waals surface area (Å²) < 4.78 is 5.16. The zero-order valence-electron chi connectivity index (χ0n) is 12.3. The lowest BCUT2D eigenvalue weighted by Gasteiger charge is -2.31. The van der Waals surface area contributed by atoms with Crippen LogP contribution >= 0.6 is 0 Å². The number of amides is 1. The third-order valence-electron chi connectivity index (χ3n) is 3.83. The molecule has 1 fully saturated rings. The van der Waals surface area contributed by atoms with Crippen molar-refractivity contribution in [2.45, 2.75) is 25.4 Å². The number of nitrogens with one attached hydrogen (secondary N) is 1. The number of nitrogens with two attached hydrogens (primary N) is 1. The Kier molecular flexibility index (Phi) is 5.41. The molecule has 1 aromatic rings. The number of aromatic hydroxyl groups is 1. The van der Waals surface area contributed by atoms with Crippen molar-refractivity contribution in [2.75, 3.05) is 26.7 Å². The van der Waals surface area contributed by atoms with E-state index in [0.29, 0.717) is 19.1 Å². The average Bonchev–Trinajstić information content (AvgIpc) is 2.47. The van der Waals surface area contributed by atoms with Crippen LogP contribution in [0.3, 0.4) is 0 Å². The van der Waals surface area contributed by atoms with Crippen molar-refractivity contribution >= 4 is 5.91 Å². The van der Waals surface area contributed by atoms with E-state index in [1.807, 2.05) is 6.07 Å². The number of hydrogen-bond donors (Lipinski definition) is 3. The van der Waals surface area contributed by atoms with Crippen molar-refractivity contribution in [3.05, 3.63) is 23.8 Å². The zero-order valence-corrected chi connectivity index (χ0v) is 12.3. The Morgan fingerprint density at radius 3 is 2.81 bits per heavy atom. The highest BCUT2D eigenvalue weighted by molar-refractivity contribution is 5.75. The number of carbonyl (C=O) groups is 1. The molecule has 1 heterocycles. The number of piperidine rings is 1. The third-order valence-corrected chi connectivity index (χ3v) is 3.83. The minimum atomic E-state index is -0.275. The molecule has 0 unspecified atom stereocenters. The van der Waals surface area contributed by atoms with E-state index in [1.54, 1.807) is 19.2 Å². The van der Waals surface area contributed by atoms with Gasteiger partial charge in [-0.1, -0.05) is 0 Å². The number of carbonyl (C=O) groups excluding carboxylic acids is 1. The van der Waals surface area contributed by atoms with Gasteiger partial charge in [0.2, 0.25) is 5.91 Å². The molecular formula is C15H23N3O3. The van der Waals surface area contributed by atoms with Gasteiger partial charge in [0.25, 0.3) is 0 Å². The molecule has 116 valence electrons. The van der Waals surface area contributed by atoms with E-state index in [-0.39, 0.29) is 11.7 Å². The molecule has 1 saturated heterocycles. The van der Waals surface area contributed by atoms with Gasteiger partial charge >= 0.3 is 0 Å². The summed E-state index contributed by atoms with van der Waals surface area (Å²) in [5.74, 6) is 0.734. The Hall–Kier alpha value is -1.79. The lowest BCUT2D eigenvalue weighted by atomic mass is 10.0. The maximum absolute atomic E-state index is 10.9. The molecule has 0 radical (unpaired) electrons. The predicted molar refractivity (Wildman–Crippen MR) is 80.2 cm³/mol. The maximum atomic E-state index is 10.9. The van der Waals surface area contributed by atoms with Crippen molar-refractivity contribution in [3.63, 3.8) is 0 Å². The molecule has 1 amide bonds. The smallest absolute Gasteiger partial charge is 0.231 e. The first-order chi connectivity index (χ1) is 10.1. The number of primary amides is 1. The van der Waals surface area contributed by atoms with Crippen LogP contribution in [0.5, 0.6) is 11.5 Å². The fourth-order valence-corrected chi connectivity index (χ4v) is 2.60. The lowest BCUT2D eigenvalue weighted by Crippen LogP contribution is -2.45. The van der Waals surface area contributed by atoms with Gasteiger partial charge in [-0.15, -0.1) is 0 Å². The van der Waals surface area contributed by atoms with E-state index in [9.17, 15) is 9.90 Å². The largest absolute Gasteiger partial charge is 0.508 e. The lowest BCUT2D eigenvalue weighted by molar-refractivity contribution is -0.119. The van der Waals surface area contributed by atoms with E-state index < -0.39 is 0 Å². The molecule has 0 aromatic heterocycles. The molecule has 4 N–H and O–H groups in total. The minimum absolute atomic E-state index is 0.273. The van der Waals surface area contributed by atoms with Crippen LogP contribution in [0.4, 0.5) is 0 Å². The summed E-state index contributed by atoms with van der Waals surface area (Å²) in [6.45, 7) is 2.67. The molecule has 6 nitrogen and oxygen atoms in total. The van der Waals surface area contributed by atoms with Crippen molar-refractivity contribution in [2.24, 2.45) is 5.73 Å². The number of nitrogens with zero attached hydrogens (tertiary/aromatic N) is 1. The van der Waals surface area contributed by atoms with Crippen LogP contribution in [-0.2, 0) is 11.3 Å². The Morgan fingerprint density at radius 1 is 1.48 bits per heavy atom. The highest BCUT2D eigenvalue weighted by Crippen LogP contribution is 2.23. The Morgan fingerprint density at radius 2 is 2.19 bits per heavy atom. The molecule has 1 aliphatic rings. The molecule has 1 aliphatic heterocycles. The quantitative estimate of drug-likeness (QED) is 0.708. The Bertz CT molecular complexity index is 485. The molecule has 21 heavy (non-hydrogen) atoms. The van der Waals surface area contributed by atoms with Gasteiger partial charge in [-0.05, 0) is 31.0 Å². The summed E-state index contributed by atoms with van der Waals surface area (Å²) in [5.41, 5.74) is 6.03. The first kappa shape index (κ1) is 15.6. The summed E-state index contributed by atoms with van der Waals surface area (Å²) in [7, 11) is 1.61. The van der Waals surface area contributed by atoms with Gasteiger partial charge in [0.05, 0.1) is 13.7 Å². The normalized spacial score (nSPS) is 16.8. The highest BCUT2D eigenvalue weighted by Gasteiger charge is 2.19. The highest BCUT2D eigenvalue weighted by atomic mass is 16.5. The van der Waals surface area contributed by atoms with Gasteiger partial charge < -0.3 is 20.9 Å².